The van der Waals surface area contributed by atoms with Gasteiger partial charge in [0.25, 0.3) is 0 Å². The van der Waals surface area contributed by atoms with Crippen molar-refractivity contribution in [2.24, 2.45) is 0 Å². The molecule has 1 aromatic carbocycles. The van der Waals surface area contributed by atoms with Crippen LogP contribution in [0.4, 0.5) is 4.39 Å². The first-order valence-corrected chi connectivity index (χ1v) is 7.97. The van der Waals surface area contributed by atoms with Crippen LogP contribution in [-0.2, 0) is 14.4 Å². The van der Waals surface area contributed by atoms with Crippen LogP contribution in [0.2, 0.25) is 0 Å². The Balaban J connectivity index is 2.49. The molecule has 2 amide bonds. The second-order valence-electron chi connectivity index (χ2n) is 5.47. The van der Waals surface area contributed by atoms with E-state index in [1.165, 1.54) is 30.9 Å². The molecule has 0 aromatic heterocycles. The number of nitrogens with one attached hydrogen (secondary N) is 1. The van der Waals surface area contributed by atoms with Crippen molar-refractivity contribution in [2.45, 2.75) is 32.7 Å². The highest BCUT2D eigenvalue weighted by Crippen LogP contribution is 2.15. The predicted octanol–water partition coefficient (Wildman–Crippen LogP) is 1.42. The van der Waals surface area contributed by atoms with E-state index < -0.39 is 17.8 Å². The van der Waals surface area contributed by atoms with Crippen LogP contribution < -0.4 is 10.1 Å². The Bertz CT molecular complexity index is 608. The predicted molar refractivity (Wildman–Crippen MR) is 88.6 cm³/mol. The summed E-state index contributed by atoms with van der Waals surface area (Å²) < 4.78 is 18.7. The first-order chi connectivity index (χ1) is 11.8. The van der Waals surface area contributed by atoms with Crippen LogP contribution in [0.1, 0.15) is 26.7 Å². The number of aliphatic carboxylic acids is 1. The average molecular weight is 354 g/mol. The molecule has 0 aliphatic carbocycles. The van der Waals surface area contributed by atoms with Gasteiger partial charge in [0.05, 0.1) is 6.61 Å². The number of carboxylic acid groups (broad SMARTS) is 1. The number of hydrogen-bond acceptors (Lipinski definition) is 4. The van der Waals surface area contributed by atoms with E-state index in [0.717, 1.165) is 0 Å². The Morgan fingerprint density at radius 2 is 2.00 bits per heavy atom. The van der Waals surface area contributed by atoms with Crippen LogP contribution in [0.15, 0.2) is 24.3 Å². The standard InChI is InChI=1S/C17H23FN2O5/c1-12(17(23)24)20(10-9-19-13(2)21)16(22)8-5-11-25-15-7-4-3-6-14(15)18/h3-4,6-7,12H,5,8-11H2,1-2H3,(H,19,21)(H,23,24). The van der Waals surface area contributed by atoms with Crippen LogP contribution in [0.5, 0.6) is 5.75 Å². The molecule has 0 heterocycles. The van der Waals surface area contributed by atoms with Crippen LogP contribution in [0.25, 0.3) is 0 Å². The van der Waals surface area contributed by atoms with E-state index in [4.69, 9.17) is 9.84 Å². The lowest BCUT2D eigenvalue weighted by Gasteiger charge is -2.26. The van der Waals surface area contributed by atoms with Crippen LogP contribution in [0.3, 0.4) is 0 Å². The molecule has 1 unspecified atom stereocenters. The number of nitrogens with zero attached hydrogens (tertiary/aromatic N) is 1. The van der Waals surface area contributed by atoms with Crippen LogP contribution >= 0.6 is 0 Å². The summed E-state index contributed by atoms with van der Waals surface area (Å²) in [4.78, 5) is 35.5. The number of halogens is 1. The summed E-state index contributed by atoms with van der Waals surface area (Å²) in [5.74, 6) is -2.12. The zero-order chi connectivity index (χ0) is 18.8. The Morgan fingerprint density at radius 1 is 1.32 bits per heavy atom. The van der Waals surface area contributed by atoms with E-state index >= 15 is 0 Å². The minimum absolute atomic E-state index is 0.0617. The maximum absolute atomic E-state index is 13.4. The van der Waals surface area contributed by atoms with Crippen molar-refractivity contribution in [3.05, 3.63) is 30.1 Å². The number of carboxylic acids is 1. The van der Waals surface area contributed by atoms with Gasteiger partial charge in [-0.3, -0.25) is 9.59 Å². The Morgan fingerprint density at radius 3 is 2.60 bits per heavy atom. The topological polar surface area (TPSA) is 95.9 Å². The largest absolute Gasteiger partial charge is 0.491 e. The summed E-state index contributed by atoms with van der Waals surface area (Å²) in [6, 6.07) is 4.95. The van der Waals surface area contributed by atoms with Crippen LogP contribution in [0, 0.1) is 5.82 Å². The van der Waals surface area contributed by atoms with Crippen molar-refractivity contribution in [1.29, 1.82) is 0 Å². The summed E-state index contributed by atoms with van der Waals surface area (Å²) in [6.45, 7) is 3.15. The monoisotopic (exact) mass is 354 g/mol. The lowest BCUT2D eigenvalue weighted by molar-refractivity contribution is -0.149. The van der Waals surface area contributed by atoms with Gasteiger partial charge in [0.1, 0.15) is 6.04 Å². The molecule has 2 N–H and O–H groups in total. The van der Waals surface area contributed by atoms with Gasteiger partial charge in [0, 0.05) is 26.4 Å². The summed E-state index contributed by atoms with van der Waals surface area (Å²) in [5, 5.41) is 11.6. The molecule has 1 aromatic rings. The van der Waals surface area contributed by atoms with Crippen LogP contribution in [-0.4, -0.2) is 53.5 Å². The molecule has 7 nitrogen and oxygen atoms in total. The quantitative estimate of drug-likeness (QED) is 0.620. The van der Waals surface area contributed by atoms with E-state index in [-0.39, 0.29) is 43.7 Å². The van der Waals surface area contributed by atoms with Gasteiger partial charge in [-0.1, -0.05) is 12.1 Å². The molecule has 0 spiro atoms. The minimum Gasteiger partial charge on any atom is -0.491 e. The van der Waals surface area contributed by atoms with E-state index in [1.807, 2.05) is 0 Å². The maximum Gasteiger partial charge on any atom is 0.326 e. The lowest BCUT2D eigenvalue weighted by atomic mass is 10.2. The van der Waals surface area contributed by atoms with Crippen molar-refractivity contribution in [1.82, 2.24) is 10.2 Å². The lowest BCUT2D eigenvalue weighted by Crippen LogP contribution is -2.46. The van der Waals surface area contributed by atoms with Gasteiger partial charge in [0.15, 0.2) is 11.6 Å². The third-order valence-electron chi connectivity index (χ3n) is 3.50. The maximum atomic E-state index is 13.4. The number of hydrogen-bond donors (Lipinski definition) is 2. The molecule has 8 heteroatoms. The first-order valence-electron chi connectivity index (χ1n) is 7.97. The van der Waals surface area contributed by atoms with Gasteiger partial charge in [-0.15, -0.1) is 0 Å². The van der Waals surface area contributed by atoms with Crippen molar-refractivity contribution in [3.8, 4) is 5.75 Å². The highest BCUT2D eigenvalue weighted by molar-refractivity contribution is 5.83. The molecule has 0 aliphatic rings. The van der Waals surface area contributed by atoms with Gasteiger partial charge >= 0.3 is 5.97 Å². The van der Waals surface area contributed by atoms with E-state index in [9.17, 15) is 18.8 Å². The fraction of sp³-hybridized carbons (Fsp3) is 0.471. The zero-order valence-electron chi connectivity index (χ0n) is 14.3. The first kappa shape index (κ1) is 20.4. The molecule has 0 radical (unpaired) electrons. The van der Waals surface area contributed by atoms with Gasteiger partial charge in [-0.25, -0.2) is 9.18 Å². The van der Waals surface area contributed by atoms with Crippen molar-refractivity contribution < 1.29 is 28.6 Å². The van der Waals surface area contributed by atoms with E-state index in [2.05, 4.69) is 5.32 Å². The number of para-hydroxylation sites is 1. The molecule has 0 bridgehead atoms. The summed E-state index contributed by atoms with van der Waals surface area (Å²) >= 11 is 0. The fourth-order valence-corrected chi connectivity index (χ4v) is 2.13. The van der Waals surface area contributed by atoms with Gasteiger partial charge in [-0.05, 0) is 25.5 Å². The number of rotatable bonds is 10. The molecular formula is C17H23FN2O5. The molecule has 25 heavy (non-hydrogen) atoms. The van der Waals surface area contributed by atoms with Crippen molar-refractivity contribution >= 4 is 17.8 Å². The molecule has 1 atom stereocenters. The van der Waals surface area contributed by atoms with E-state index in [0.29, 0.717) is 6.42 Å². The SMILES string of the molecule is CC(=O)NCCN(C(=O)CCCOc1ccccc1F)C(C)C(=O)O. The summed E-state index contributed by atoms with van der Waals surface area (Å²) in [6.07, 6.45) is 0.377. The highest BCUT2D eigenvalue weighted by atomic mass is 19.1. The fourth-order valence-electron chi connectivity index (χ4n) is 2.13. The molecule has 0 aliphatic heterocycles. The minimum atomic E-state index is -1.13. The van der Waals surface area contributed by atoms with Crippen molar-refractivity contribution in [2.75, 3.05) is 19.7 Å². The van der Waals surface area contributed by atoms with E-state index in [1.54, 1.807) is 12.1 Å². The molecular weight excluding hydrogens is 331 g/mol. The number of ether oxygens (including phenoxy) is 1. The zero-order valence-corrected chi connectivity index (χ0v) is 14.3. The molecule has 0 saturated carbocycles. The molecule has 138 valence electrons. The Kier molecular flexibility index (Phi) is 8.38. The van der Waals surface area contributed by atoms with Crippen molar-refractivity contribution in [3.63, 3.8) is 0 Å². The highest BCUT2D eigenvalue weighted by Gasteiger charge is 2.24. The smallest absolute Gasteiger partial charge is 0.326 e. The van der Waals surface area contributed by atoms with Gasteiger partial charge < -0.3 is 20.1 Å². The second-order valence-corrected chi connectivity index (χ2v) is 5.47. The number of carbonyl (C=O) groups is 3. The molecule has 1 rings (SSSR count). The second kappa shape index (κ2) is 10.3. The Labute approximate surface area is 145 Å². The third-order valence-corrected chi connectivity index (χ3v) is 3.50. The Hall–Kier alpha value is -2.64. The number of amides is 2. The summed E-state index contributed by atoms with van der Waals surface area (Å²) in [7, 11) is 0. The van der Waals surface area contributed by atoms with Gasteiger partial charge in [-0.2, -0.15) is 0 Å². The molecule has 0 saturated heterocycles. The molecule has 0 fully saturated rings. The number of benzene rings is 1. The average Bonchev–Trinajstić information content (AvgIpc) is 2.56. The third kappa shape index (κ3) is 7.19. The number of carbonyl (C=O) groups excluding carboxylic acids is 2. The normalized spacial score (nSPS) is 11.5. The van der Waals surface area contributed by atoms with Gasteiger partial charge in [0.2, 0.25) is 11.8 Å². The summed E-state index contributed by atoms with van der Waals surface area (Å²) in [5.41, 5.74) is 0.